The van der Waals surface area contributed by atoms with E-state index in [0.717, 1.165) is 27.4 Å². The standard InChI is InChI=1S/C35H36BNO4/c1-23-18-19-24-12-6-7-13-26(24)31(23)20-25(36-40-34(2,3)35(4,5)41-36)21-37-33(38)39-22-32-29-16-10-8-14-27(29)28-15-9-11-17-30(28)32/h6-20,32H,21-22H2,1-5H3,(H,37,38). The molecule has 208 valence electrons. The van der Waals surface area contributed by atoms with Gasteiger partial charge in [0.2, 0.25) is 0 Å². The number of ether oxygens (including phenoxy) is 1. The largest absolute Gasteiger partial charge is 0.492 e. The minimum absolute atomic E-state index is 0.00425. The van der Waals surface area contributed by atoms with Gasteiger partial charge in [-0.05, 0) is 84.2 Å². The molecule has 4 aromatic carbocycles. The third-order valence-corrected chi connectivity index (χ3v) is 8.85. The van der Waals surface area contributed by atoms with Gasteiger partial charge >= 0.3 is 13.2 Å². The smallest absolute Gasteiger partial charge is 0.449 e. The zero-order valence-corrected chi connectivity index (χ0v) is 24.4. The first kappa shape index (κ1) is 27.3. The lowest BCUT2D eigenvalue weighted by molar-refractivity contribution is 0.00578. The van der Waals surface area contributed by atoms with Crippen LogP contribution >= 0.6 is 0 Å². The molecule has 1 saturated heterocycles. The third kappa shape index (κ3) is 5.07. The summed E-state index contributed by atoms with van der Waals surface area (Å²) in [5, 5.41) is 5.28. The van der Waals surface area contributed by atoms with Crippen molar-refractivity contribution in [2.75, 3.05) is 13.2 Å². The summed E-state index contributed by atoms with van der Waals surface area (Å²) in [5.41, 5.74) is 6.82. The molecule has 2 aliphatic rings. The van der Waals surface area contributed by atoms with Crippen LogP contribution in [0.2, 0.25) is 0 Å². The second kappa shape index (κ2) is 10.5. The molecular formula is C35H36BNO4. The predicted molar refractivity (Wildman–Crippen MR) is 166 cm³/mol. The van der Waals surface area contributed by atoms with Crippen LogP contribution in [-0.2, 0) is 14.0 Å². The van der Waals surface area contributed by atoms with E-state index in [1.54, 1.807) is 0 Å². The van der Waals surface area contributed by atoms with Gasteiger partial charge in [-0.25, -0.2) is 4.79 Å². The number of fused-ring (bicyclic) bond motifs is 4. The SMILES string of the molecule is Cc1ccc2ccccc2c1C=C(CNC(=O)OCC1c2ccccc2-c2ccccc21)B1OC(C)(C)C(C)(C)O1. The van der Waals surface area contributed by atoms with Crippen LogP contribution in [-0.4, -0.2) is 37.6 Å². The minimum atomic E-state index is -0.604. The van der Waals surface area contributed by atoms with Gasteiger partial charge < -0.3 is 19.4 Å². The highest BCUT2D eigenvalue weighted by Crippen LogP contribution is 2.44. The highest BCUT2D eigenvalue weighted by Gasteiger charge is 2.52. The molecule has 1 aliphatic carbocycles. The molecule has 1 fully saturated rings. The Morgan fingerprint density at radius 3 is 2.10 bits per heavy atom. The van der Waals surface area contributed by atoms with Gasteiger partial charge in [-0.2, -0.15) is 0 Å². The maximum absolute atomic E-state index is 13.1. The fraction of sp³-hybridized carbons (Fsp3) is 0.286. The Labute approximate surface area is 242 Å². The van der Waals surface area contributed by atoms with Crippen molar-refractivity contribution >= 4 is 30.1 Å². The summed E-state index contributed by atoms with van der Waals surface area (Å²) in [5.74, 6) is 0.00425. The van der Waals surface area contributed by atoms with Crippen molar-refractivity contribution < 1.29 is 18.8 Å². The Hall–Kier alpha value is -3.87. The molecule has 1 amide bonds. The van der Waals surface area contributed by atoms with Crippen LogP contribution in [0.5, 0.6) is 0 Å². The van der Waals surface area contributed by atoms with Crippen molar-refractivity contribution in [3.05, 3.63) is 113 Å². The number of rotatable bonds is 6. The third-order valence-electron chi connectivity index (χ3n) is 8.85. The summed E-state index contributed by atoms with van der Waals surface area (Å²) in [6.07, 6.45) is 1.63. The second-order valence-corrected chi connectivity index (χ2v) is 12.0. The number of benzene rings is 4. The lowest BCUT2D eigenvalue weighted by Crippen LogP contribution is -2.41. The van der Waals surface area contributed by atoms with Gasteiger partial charge in [0, 0.05) is 12.5 Å². The van der Waals surface area contributed by atoms with Crippen LogP contribution in [0, 0.1) is 6.92 Å². The van der Waals surface area contributed by atoms with Crippen LogP contribution in [0.15, 0.2) is 90.4 Å². The summed E-state index contributed by atoms with van der Waals surface area (Å²) in [6, 6.07) is 29.2. The van der Waals surface area contributed by atoms with Crippen molar-refractivity contribution in [2.45, 2.75) is 51.7 Å². The average molecular weight is 545 g/mol. The Bertz CT molecular complexity index is 1600. The van der Waals surface area contributed by atoms with E-state index in [1.807, 2.05) is 64.1 Å². The van der Waals surface area contributed by atoms with Gasteiger partial charge in [-0.3, -0.25) is 0 Å². The van der Waals surface area contributed by atoms with Gasteiger partial charge in [0.1, 0.15) is 6.61 Å². The van der Waals surface area contributed by atoms with Gasteiger partial charge in [0.25, 0.3) is 0 Å². The number of amides is 1. The number of hydrogen-bond donors (Lipinski definition) is 1. The zero-order valence-electron chi connectivity index (χ0n) is 24.4. The second-order valence-electron chi connectivity index (χ2n) is 12.0. The summed E-state index contributed by atoms with van der Waals surface area (Å²) >= 11 is 0. The first-order valence-electron chi connectivity index (χ1n) is 14.3. The maximum Gasteiger partial charge on any atom is 0.492 e. The molecule has 0 radical (unpaired) electrons. The van der Waals surface area contributed by atoms with Crippen LogP contribution < -0.4 is 5.32 Å². The van der Waals surface area contributed by atoms with E-state index in [2.05, 4.69) is 66.8 Å². The molecule has 0 atom stereocenters. The molecular weight excluding hydrogens is 509 g/mol. The molecule has 0 bridgehead atoms. The van der Waals surface area contributed by atoms with E-state index >= 15 is 0 Å². The quantitative estimate of drug-likeness (QED) is 0.252. The van der Waals surface area contributed by atoms with Crippen molar-refractivity contribution in [3.63, 3.8) is 0 Å². The molecule has 1 N–H and O–H groups in total. The van der Waals surface area contributed by atoms with E-state index in [0.29, 0.717) is 0 Å². The van der Waals surface area contributed by atoms with Crippen molar-refractivity contribution in [3.8, 4) is 11.1 Å². The van der Waals surface area contributed by atoms with Crippen LogP contribution in [0.3, 0.4) is 0 Å². The molecule has 0 unspecified atom stereocenters. The Morgan fingerprint density at radius 2 is 1.44 bits per heavy atom. The first-order valence-corrected chi connectivity index (χ1v) is 14.3. The topological polar surface area (TPSA) is 56.8 Å². The van der Waals surface area contributed by atoms with Gasteiger partial charge in [-0.1, -0.05) is 91.0 Å². The molecule has 5 nitrogen and oxygen atoms in total. The van der Waals surface area contributed by atoms with E-state index in [1.165, 1.54) is 22.3 Å². The Balaban J connectivity index is 1.23. The first-order chi connectivity index (χ1) is 19.6. The van der Waals surface area contributed by atoms with Gasteiger partial charge in [-0.15, -0.1) is 0 Å². The monoisotopic (exact) mass is 545 g/mol. The normalized spacial score (nSPS) is 17.4. The summed E-state index contributed by atoms with van der Waals surface area (Å²) in [6.45, 7) is 10.7. The summed E-state index contributed by atoms with van der Waals surface area (Å²) in [7, 11) is -0.604. The maximum atomic E-state index is 13.1. The van der Waals surface area contributed by atoms with E-state index in [9.17, 15) is 4.79 Å². The number of carbonyl (C=O) groups excluding carboxylic acids is 1. The van der Waals surface area contributed by atoms with E-state index in [-0.39, 0.29) is 19.1 Å². The van der Waals surface area contributed by atoms with Crippen LogP contribution in [0.4, 0.5) is 4.79 Å². The van der Waals surface area contributed by atoms with Crippen molar-refractivity contribution in [1.82, 2.24) is 5.32 Å². The number of alkyl carbamates (subject to hydrolysis) is 1. The van der Waals surface area contributed by atoms with Crippen LogP contribution in [0.25, 0.3) is 28.0 Å². The van der Waals surface area contributed by atoms with Gasteiger partial charge in [0.05, 0.1) is 11.2 Å². The predicted octanol–water partition coefficient (Wildman–Crippen LogP) is 7.70. The Morgan fingerprint density at radius 1 is 0.854 bits per heavy atom. The van der Waals surface area contributed by atoms with Crippen molar-refractivity contribution in [1.29, 1.82) is 0 Å². The molecule has 0 saturated carbocycles. The minimum Gasteiger partial charge on any atom is -0.449 e. The summed E-state index contributed by atoms with van der Waals surface area (Å²) in [4.78, 5) is 13.1. The van der Waals surface area contributed by atoms with Gasteiger partial charge in [0.15, 0.2) is 0 Å². The Kier molecular flexibility index (Phi) is 7.00. The fourth-order valence-corrected chi connectivity index (χ4v) is 5.80. The number of aryl methyl sites for hydroxylation is 1. The molecule has 4 aromatic rings. The number of nitrogens with one attached hydrogen (secondary N) is 1. The molecule has 41 heavy (non-hydrogen) atoms. The average Bonchev–Trinajstić information content (AvgIpc) is 3.39. The highest BCUT2D eigenvalue weighted by molar-refractivity contribution is 6.56. The lowest BCUT2D eigenvalue weighted by Gasteiger charge is -2.32. The van der Waals surface area contributed by atoms with E-state index in [4.69, 9.17) is 14.0 Å². The lowest BCUT2D eigenvalue weighted by atomic mass is 9.76. The molecule has 6 rings (SSSR count). The molecule has 1 aliphatic heterocycles. The van der Waals surface area contributed by atoms with Crippen LogP contribution in [0.1, 0.15) is 55.9 Å². The number of hydrogen-bond acceptors (Lipinski definition) is 4. The highest BCUT2D eigenvalue weighted by atomic mass is 16.7. The van der Waals surface area contributed by atoms with Crippen molar-refractivity contribution in [2.24, 2.45) is 0 Å². The fourth-order valence-electron chi connectivity index (χ4n) is 5.80. The molecule has 6 heteroatoms. The molecule has 1 heterocycles. The number of carbonyl (C=O) groups is 1. The zero-order chi connectivity index (χ0) is 28.8. The van der Waals surface area contributed by atoms with E-state index < -0.39 is 24.4 Å². The summed E-state index contributed by atoms with van der Waals surface area (Å²) < 4.78 is 18.7. The molecule has 0 spiro atoms. The molecule has 0 aromatic heterocycles.